The van der Waals surface area contributed by atoms with E-state index in [9.17, 15) is 9.59 Å². The molecule has 0 unspecified atom stereocenters. The molecule has 0 fully saturated rings. The molecule has 2 N–H and O–H groups in total. The molecule has 0 saturated heterocycles. The second-order valence-electron chi connectivity index (χ2n) is 5.58. The summed E-state index contributed by atoms with van der Waals surface area (Å²) >= 11 is 1.34. The zero-order valence-corrected chi connectivity index (χ0v) is 14.6. The highest BCUT2D eigenvalue weighted by atomic mass is 32.1. The number of carbonyl (C=O) groups is 2. The molecule has 3 heterocycles. The van der Waals surface area contributed by atoms with Crippen molar-refractivity contribution < 1.29 is 9.59 Å². The number of ketones is 1. The number of aromatic amines is 1. The normalized spacial score (nSPS) is 10.8. The van der Waals surface area contributed by atoms with Crippen molar-refractivity contribution in [3.8, 4) is 11.3 Å². The Hall–Kier alpha value is -2.74. The second-order valence-corrected chi connectivity index (χ2v) is 6.43. The Bertz CT molecular complexity index is 934. The van der Waals surface area contributed by atoms with E-state index >= 15 is 0 Å². The zero-order chi connectivity index (χ0) is 17.4. The molecule has 3 aromatic heterocycles. The molecule has 0 aliphatic rings. The van der Waals surface area contributed by atoms with Crippen LogP contribution < -0.4 is 5.32 Å². The third-order valence-corrected chi connectivity index (χ3v) is 4.50. The van der Waals surface area contributed by atoms with Crippen LogP contribution in [0.1, 0.15) is 39.0 Å². The summed E-state index contributed by atoms with van der Waals surface area (Å²) in [6.07, 6.45) is 3.58. The fourth-order valence-corrected chi connectivity index (χ4v) is 3.40. The summed E-state index contributed by atoms with van der Waals surface area (Å²) in [6, 6.07) is 0. The number of amides is 1. The second kappa shape index (κ2) is 6.04. The van der Waals surface area contributed by atoms with Gasteiger partial charge in [0.15, 0.2) is 10.9 Å². The van der Waals surface area contributed by atoms with E-state index in [1.165, 1.54) is 18.3 Å². The maximum absolute atomic E-state index is 12.5. The number of aromatic nitrogens is 4. The predicted octanol–water partition coefficient (Wildman–Crippen LogP) is 2.94. The van der Waals surface area contributed by atoms with Crippen molar-refractivity contribution in [3.63, 3.8) is 0 Å². The summed E-state index contributed by atoms with van der Waals surface area (Å²) in [6.45, 7) is 5.04. The van der Waals surface area contributed by atoms with Gasteiger partial charge in [-0.1, -0.05) is 0 Å². The van der Waals surface area contributed by atoms with Crippen LogP contribution in [0.2, 0.25) is 0 Å². The van der Waals surface area contributed by atoms with E-state index in [-0.39, 0.29) is 11.7 Å². The lowest BCUT2D eigenvalue weighted by Gasteiger charge is -2.01. The first kappa shape index (κ1) is 16.1. The molecule has 0 saturated carbocycles. The van der Waals surface area contributed by atoms with Gasteiger partial charge in [0.2, 0.25) is 0 Å². The SMILES string of the molecule is CC(=O)c1c(C)[nH]c(C(=O)Nc2nc(-c3cnn(C)c3)cs2)c1C. The first-order valence-corrected chi connectivity index (χ1v) is 8.20. The van der Waals surface area contributed by atoms with E-state index in [0.29, 0.717) is 27.6 Å². The van der Waals surface area contributed by atoms with Gasteiger partial charge in [-0.2, -0.15) is 5.10 Å². The standard InChI is InChI=1S/C16H17N5O2S/c1-8-13(10(3)22)9(2)18-14(8)15(23)20-16-19-12(7-24-16)11-5-17-21(4)6-11/h5-7,18H,1-4H3,(H,19,20,23). The van der Waals surface area contributed by atoms with E-state index in [2.05, 4.69) is 20.4 Å². The molecule has 0 aliphatic carbocycles. The van der Waals surface area contributed by atoms with Crippen molar-refractivity contribution in [2.75, 3.05) is 5.32 Å². The zero-order valence-electron chi connectivity index (χ0n) is 13.8. The highest BCUT2D eigenvalue weighted by molar-refractivity contribution is 7.14. The van der Waals surface area contributed by atoms with E-state index in [0.717, 1.165) is 11.3 Å². The van der Waals surface area contributed by atoms with Gasteiger partial charge in [0.1, 0.15) is 5.69 Å². The Balaban J connectivity index is 1.82. The summed E-state index contributed by atoms with van der Waals surface area (Å²) in [5.41, 5.74) is 3.94. The number of hydrogen-bond donors (Lipinski definition) is 2. The minimum atomic E-state index is -0.310. The van der Waals surface area contributed by atoms with Crippen molar-refractivity contribution in [1.29, 1.82) is 0 Å². The van der Waals surface area contributed by atoms with Crippen LogP contribution >= 0.6 is 11.3 Å². The number of H-pyrrole nitrogens is 1. The Morgan fingerprint density at radius 3 is 2.67 bits per heavy atom. The summed E-state index contributed by atoms with van der Waals surface area (Å²) in [4.78, 5) is 31.5. The number of hydrogen-bond acceptors (Lipinski definition) is 5. The van der Waals surface area contributed by atoms with Crippen LogP contribution in [0, 0.1) is 13.8 Å². The van der Waals surface area contributed by atoms with Gasteiger partial charge in [-0.05, 0) is 26.3 Å². The quantitative estimate of drug-likeness (QED) is 0.712. The molecule has 3 rings (SSSR count). The van der Waals surface area contributed by atoms with Crippen molar-refractivity contribution >= 4 is 28.2 Å². The van der Waals surface area contributed by atoms with Crippen molar-refractivity contribution in [1.82, 2.24) is 19.7 Å². The number of nitrogens with zero attached hydrogens (tertiary/aromatic N) is 3. The van der Waals surface area contributed by atoms with E-state index < -0.39 is 0 Å². The van der Waals surface area contributed by atoms with Gasteiger partial charge in [0.05, 0.1) is 11.9 Å². The summed E-state index contributed by atoms with van der Waals surface area (Å²) in [5, 5.41) is 9.24. The lowest BCUT2D eigenvalue weighted by Crippen LogP contribution is -2.13. The topological polar surface area (TPSA) is 92.7 Å². The molecule has 0 atom stereocenters. The van der Waals surface area contributed by atoms with Crippen molar-refractivity contribution in [2.24, 2.45) is 7.05 Å². The van der Waals surface area contributed by atoms with Crippen LogP contribution in [0.3, 0.4) is 0 Å². The molecule has 7 nitrogen and oxygen atoms in total. The third kappa shape index (κ3) is 2.88. The fraction of sp³-hybridized carbons (Fsp3) is 0.250. The molecule has 1 amide bonds. The van der Waals surface area contributed by atoms with Gasteiger partial charge in [0.25, 0.3) is 5.91 Å². The maximum Gasteiger partial charge on any atom is 0.274 e. The number of anilines is 1. The van der Waals surface area contributed by atoms with Crippen molar-refractivity contribution in [2.45, 2.75) is 20.8 Å². The molecule has 0 aliphatic heterocycles. The molecule has 0 radical (unpaired) electrons. The van der Waals surface area contributed by atoms with Crippen LogP contribution in [0.4, 0.5) is 5.13 Å². The van der Waals surface area contributed by atoms with Crippen LogP contribution in [-0.4, -0.2) is 31.4 Å². The first-order chi connectivity index (χ1) is 11.4. The third-order valence-electron chi connectivity index (χ3n) is 3.74. The Kier molecular flexibility index (Phi) is 4.06. The molecule has 0 aromatic carbocycles. The molecule has 3 aromatic rings. The van der Waals surface area contributed by atoms with Crippen LogP contribution in [-0.2, 0) is 7.05 Å². The van der Waals surface area contributed by atoms with Crippen LogP contribution in [0.5, 0.6) is 0 Å². The predicted molar refractivity (Wildman–Crippen MR) is 92.5 cm³/mol. The minimum absolute atomic E-state index is 0.0617. The number of rotatable bonds is 4. The average molecular weight is 343 g/mol. The van der Waals surface area contributed by atoms with Crippen molar-refractivity contribution in [3.05, 3.63) is 40.3 Å². The first-order valence-electron chi connectivity index (χ1n) is 7.32. The van der Waals surface area contributed by atoms with Gasteiger partial charge in [-0.15, -0.1) is 11.3 Å². The Morgan fingerprint density at radius 2 is 2.08 bits per heavy atom. The molecular weight excluding hydrogens is 326 g/mol. The highest BCUT2D eigenvalue weighted by Crippen LogP contribution is 2.25. The number of thiazole rings is 1. The van der Waals surface area contributed by atoms with E-state index in [4.69, 9.17) is 0 Å². The van der Waals surface area contributed by atoms with Gasteiger partial charge < -0.3 is 4.98 Å². The fourth-order valence-electron chi connectivity index (χ4n) is 2.68. The van der Waals surface area contributed by atoms with Gasteiger partial charge in [-0.3, -0.25) is 19.6 Å². The highest BCUT2D eigenvalue weighted by Gasteiger charge is 2.20. The Labute approximate surface area is 142 Å². The minimum Gasteiger partial charge on any atom is -0.354 e. The number of nitrogens with one attached hydrogen (secondary N) is 2. The van der Waals surface area contributed by atoms with Gasteiger partial charge in [-0.25, -0.2) is 4.98 Å². The molecule has 0 spiro atoms. The summed E-state index contributed by atoms with van der Waals surface area (Å²) in [5.74, 6) is -0.372. The maximum atomic E-state index is 12.5. The lowest BCUT2D eigenvalue weighted by molar-refractivity contribution is 0.101. The number of carbonyl (C=O) groups excluding carboxylic acids is 2. The molecule has 8 heteroatoms. The van der Waals surface area contributed by atoms with E-state index in [1.807, 2.05) is 18.6 Å². The summed E-state index contributed by atoms with van der Waals surface area (Å²) < 4.78 is 1.70. The van der Waals surface area contributed by atoms with Gasteiger partial charge >= 0.3 is 0 Å². The number of Topliss-reactive ketones (excluding diaryl/α,β-unsaturated/α-hetero) is 1. The average Bonchev–Trinajstić information content (AvgIpc) is 3.18. The van der Waals surface area contributed by atoms with Crippen LogP contribution in [0.25, 0.3) is 11.3 Å². The molecule has 24 heavy (non-hydrogen) atoms. The smallest absolute Gasteiger partial charge is 0.274 e. The molecule has 0 bridgehead atoms. The monoisotopic (exact) mass is 343 g/mol. The summed E-state index contributed by atoms with van der Waals surface area (Å²) in [7, 11) is 1.83. The molecular formula is C16H17N5O2S. The Morgan fingerprint density at radius 1 is 1.33 bits per heavy atom. The van der Waals surface area contributed by atoms with E-state index in [1.54, 1.807) is 24.7 Å². The lowest BCUT2D eigenvalue weighted by atomic mass is 10.1. The van der Waals surface area contributed by atoms with Gasteiger partial charge in [0, 0.05) is 35.4 Å². The number of aryl methyl sites for hydroxylation is 2. The molecule has 124 valence electrons. The largest absolute Gasteiger partial charge is 0.354 e. The van der Waals surface area contributed by atoms with Crippen LogP contribution in [0.15, 0.2) is 17.8 Å².